The van der Waals surface area contributed by atoms with Crippen molar-refractivity contribution in [3.05, 3.63) is 11.8 Å². The zero-order valence-corrected chi connectivity index (χ0v) is 15.3. The standard InChI is InChI=1S/C20H31N3O2/c24-18(23-14-12-20(13-15-23)10-4-1-5-11-20)9-8-17-21-22-19(25-17)16-6-2-3-7-16/h16H,1-15H2. The Kier molecular flexibility index (Phi) is 5.09. The number of aromatic nitrogens is 2. The van der Waals surface area contributed by atoms with Crippen LogP contribution in [0.4, 0.5) is 0 Å². The van der Waals surface area contributed by atoms with Gasteiger partial charge in [0.2, 0.25) is 17.7 Å². The predicted molar refractivity (Wildman–Crippen MR) is 95.2 cm³/mol. The summed E-state index contributed by atoms with van der Waals surface area (Å²) in [6, 6.07) is 0. The highest BCUT2D eigenvalue weighted by Gasteiger charge is 2.36. The molecule has 0 radical (unpaired) electrons. The number of carbonyl (C=O) groups excluding carboxylic acids is 1. The van der Waals surface area contributed by atoms with E-state index < -0.39 is 0 Å². The molecule has 1 saturated heterocycles. The monoisotopic (exact) mass is 345 g/mol. The van der Waals surface area contributed by atoms with Crippen LogP contribution in [0, 0.1) is 5.41 Å². The lowest BCUT2D eigenvalue weighted by Gasteiger charge is -2.44. The van der Waals surface area contributed by atoms with Crippen LogP contribution in [0.5, 0.6) is 0 Å². The summed E-state index contributed by atoms with van der Waals surface area (Å²) in [7, 11) is 0. The Labute approximate surface area is 150 Å². The van der Waals surface area contributed by atoms with E-state index in [2.05, 4.69) is 15.1 Å². The van der Waals surface area contributed by atoms with Gasteiger partial charge in [0.25, 0.3) is 0 Å². The molecule has 1 amide bonds. The van der Waals surface area contributed by atoms with Crippen LogP contribution in [0.2, 0.25) is 0 Å². The average Bonchev–Trinajstić information content (AvgIpc) is 3.32. The number of rotatable bonds is 4. The maximum Gasteiger partial charge on any atom is 0.223 e. The van der Waals surface area contributed by atoms with Crippen molar-refractivity contribution in [3.8, 4) is 0 Å². The molecular formula is C20H31N3O2. The van der Waals surface area contributed by atoms with Gasteiger partial charge in [-0.05, 0) is 43.9 Å². The maximum absolute atomic E-state index is 12.5. The predicted octanol–water partition coefficient (Wildman–Crippen LogP) is 4.23. The van der Waals surface area contributed by atoms with E-state index in [1.54, 1.807) is 0 Å². The van der Waals surface area contributed by atoms with Crippen molar-refractivity contribution in [2.45, 2.75) is 89.4 Å². The van der Waals surface area contributed by atoms with Crippen LogP contribution in [-0.4, -0.2) is 34.1 Å². The van der Waals surface area contributed by atoms with Crippen molar-refractivity contribution in [1.82, 2.24) is 15.1 Å². The summed E-state index contributed by atoms with van der Waals surface area (Å²) in [5, 5.41) is 8.36. The van der Waals surface area contributed by atoms with Crippen molar-refractivity contribution in [1.29, 1.82) is 0 Å². The normalized spacial score (nSPS) is 24.1. The second kappa shape index (κ2) is 7.46. The van der Waals surface area contributed by atoms with Gasteiger partial charge in [0.1, 0.15) is 0 Å². The van der Waals surface area contributed by atoms with E-state index in [9.17, 15) is 4.79 Å². The Morgan fingerprint density at radius 2 is 1.72 bits per heavy atom. The Hall–Kier alpha value is -1.39. The fraction of sp³-hybridized carbons (Fsp3) is 0.850. The third-order valence-electron chi connectivity index (χ3n) is 6.83. The van der Waals surface area contributed by atoms with E-state index in [1.165, 1.54) is 57.8 Å². The number of hydrogen-bond donors (Lipinski definition) is 0. The fourth-order valence-electron chi connectivity index (χ4n) is 5.11. The molecule has 1 spiro atoms. The van der Waals surface area contributed by atoms with E-state index >= 15 is 0 Å². The number of likely N-dealkylation sites (tertiary alicyclic amines) is 1. The molecule has 0 atom stereocenters. The average molecular weight is 345 g/mol. The lowest BCUT2D eigenvalue weighted by Crippen LogP contribution is -2.44. The van der Waals surface area contributed by atoms with Gasteiger partial charge >= 0.3 is 0 Å². The van der Waals surface area contributed by atoms with Gasteiger partial charge in [-0.2, -0.15) is 0 Å². The first-order valence-corrected chi connectivity index (χ1v) is 10.3. The number of aryl methyl sites for hydroxylation is 1. The van der Waals surface area contributed by atoms with Gasteiger partial charge in [-0.1, -0.05) is 32.1 Å². The van der Waals surface area contributed by atoms with Crippen LogP contribution in [0.3, 0.4) is 0 Å². The molecule has 3 aliphatic rings. The van der Waals surface area contributed by atoms with E-state index in [0.717, 1.165) is 31.8 Å². The Morgan fingerprint density at radius 1 is 1.00 bits per heavy atom. The van der Waals surface area contributed by atoms with Gasteiger partial charge in [0.15, 0.2) is 0 Å². The van der Waals surface area contributed by atoms with E-state index in [0.29, 0.717) is 30.1 Å². The van der Waals surface area contributed by atoms with Crippen molar-refractivity contribution < 1.29 is 9.21 Å². The zero-order valence-electron chi connectivity index (χ0n) is 15.3. The first-order valence-electron chi connectivity index (χ1n) is 10.3. The molecule has 2 aliphatic carbocycles. The molecule has 5 heteroatoms. The van der Waals surface area contributed by atoms with Crippen molar-refractivity contribution >= 4 is 5.91 Å². The van der Waals surface area contributed by atoms with Crippen LogP contribution in [0.1, 0.15) is 94.7 Å². The molecule has 0 N–H and O–H groups in total. The number of hydrogen-bond acceptors (Lipinski definition) is 4. The topological polar surface area (TPSA) is 59.2 Å². The van der Waals surface area contributed by atoms with Crippen molar-refractivity contribution in [3.63, 3.8) is 0 Å². The van der Waals surface area contributed by atoms with Gasteiger partial charge in [0, 0.05) is 31.8 Å². The van der Waals surface area contributed by atoms with Crippen LogP contribution >= 0.6 is 0 Å². The molecule has 2 saturated carbocycles. The van der Waals surface area contributed by atoms with Crippen LogP contribution in [-0.2, 0) is 11.2 Å². The molecule has 0 bridgehead atoms. The van der Waals surface area contributed by atoms with Gasteiger partial charge in [0.05, 0.1) is 0 Å². The van der Waals surface area contributed by atoms with Crippen molar-refractivity contribution in [2.75, 3.05) is 13.1 Å². The third kappa shape index (κ3) is 3.90. The highest BCUT2D eigenvalue weighted by atomic mass is 16.4. The largest absolute Gasteiger partial charge is 0.425 e. The lowest BCUT2D eigenvalue weighted by molar-refractivity contribution is -0.134. The van der Waals surface area contributed by atoms with E-state index in [-0.39, 0.29) is 5.91 Å². The Balaban J connectivity index is 1.24. The summed E-state index contributed by atoms with van der Waals surface area (Å²) in [5.74, 6) is 2.13. The second-order valence-corrected chi connectivity index (χ2v) is 8.46. The van der Waals surface area contributed by atoms with E-state index in [1.807, 2.05) is 0 Å². The molecule has 3 fully saturated rings. The molecule has 5 nitrogen and oxygen atoms in total. The number of carbonyl (C=O) groups is 1. The molecule has 138 valence electrons. The lowest BCUT2D eigenvalue weighted by atomic mass is 9.68. The molecule has 1 aromatic heterocycles. The van der Waals surface area contributed by atoms with Gasteiger partial charge in [-0.15, -0.1) is 10.2 Å². The number of nitrogens with zero attached hydrogens (tertiary/aromatic N) is 3. The fourth-order valence-corrected chi connectivity index (χ4v) is 5.11. The highest BCUT2D eigenvalue weighted by Crippen LogP contribution is 2.44. The van der Waals surface area contributed by atoms with Crippen LogP contribution in [0.25, 0.3) is 0 Å². The Bertz CT molecular complexity index is 576. The summed E-state index contributed by atoms with van der Waals surface area (Å²) >= 11 is 0. The number of amides is 1. The first kappa shape index (κ1) is 17.0. The first-order chi connectivity index (χ1) is 12.2. The molecule has 2 heterocycles. The van der Waals surface area contributed by atoms with Gasteiger partial charge in [-0.3, -0.25) is 4.79 Å². The quantitative estimate of drug-likeness (QED) is 0.819. The second-order valence-electron chi connectivity index (χ2n) is 8.46. The summed E-state index contributed by atoms with van der Waals surface area (Å²) in [4.78, 5) is 14.6. The highest BCUT2D eigenvalue weighted by molar-refractivity contribution is 5.76. The molecular weight excluding hydrogens is 314 g/mol. The van der Waals surface area contributed by atoms with Crippen LogP contribution < -0.4 is 0 Å². The molecule has 1 aromatic rings. The molecule has 0 aromatic carbocycles. The summed E-state index contributed by atoms with van der Waals surface area (Å²) in [5.41, 5.74) is 0.553. The summed E-state index contributed by atoms with van der Waals surface area (Å²) in [6.45, 7) is 1.88. The molecule has 1 aliphatic heterocycles. The minimum atomic E-state index is 0.256. The zero-order chi connectivity index (χ0) is 17.1. The SMILES string of the molecule is O=C(CCc1nnc(C2CCCC2)o1)N1CCC2(CCCCC2)CC1. The smallest absolute Gasteiger partial charge is 0.223 e. The number of piperidine rings is 1. The van der Waals surface area contributed by atoms with Crippen LogP contribution in [0.15, 0.2) is 4.42 Å². The summed E-state index contributed by atoms with van der Waals surface area (Å²) < 4.78 is 5.80. The maximum atomic E-state index is 12.5. The minimum Gasteiger partial charge on any atom is -0.425 e. The third-order valence-corrected chi connectivity index (χ3v) is 6.83. The summed E-state index contributed by atoms with van der Waals surface area (Å²) in [6.07, 6.45) is 15.2. The molecule has 4 rings (SSSR count). The Morgan fingerprint density at radius 3 is 2.44 bits per heavy atom. The van der Waals surface area contributed by atoms with Crippen molar-refractivity contribution in [2.24, 2.45) is 5.41 Å². The molecule has 0 unspecified atom stereocenters. The molecule has 25 heavy (non-hydrogen) atoms. The minimum absolute atomic E-state index is 0.256. The van der Waals surface area contributed by atoms with Gasteiger partial charge in [-0.25, -0.2) is 0 Å². The van der Waals surface area contributed by atoms with Gasteiger partial charge < -0.3 is 9.32 Å². The van der Waals surface area contributed by atoms with E-state index in [4.69, 9.17) is 4.42 Å².